The Kier molecular flexibility index (Phi) is 5.05. The normalized spacial score (nSPS) is 26.7. The Morgan fingerprint density at radius 2 is 1.88 bits per heavy atom. The first-order valence-corrected chi connectivity index (χ1v) is 11.4. The molecule has 3 heterocycles. The molecule has 0 N–H and O–H groups in total. The van der Waals surface area contributed by atoms with E-state index in [1.165, 1.54) is 12.8 Å². The van der Waals surface area contributed by atoms with E-state index in [1.54, 1.807) is 13.4 Å². The summed E-state index contributed by atoms with van der Waals surface area (Å²) in [6, 6.07) is 3.02. The highest BCUT2D eigenvalue weighted by Crippen LogP contribution is 2.36. The zero-order valence-corrected chi connectivity index (χ0v) is 16.2. The molecule has 0 radical (unpaired) electrons. The number of aromatic nitrogens is 2. The van der Waals surface area contributed by atoms with Crippen LogP contribution in [0.2, 0.25) is 0 Å². The van der Waals surface area contributed by atoms with Crippen LogP contribution in [0.4, 0.5) is 5.82 Å². The number of nitrogens with zero attached hydrogens (tertiary/aromatic N) is 4. The van der Waals surface area contributed by atoms with Crippen molar-refractivity contribution >= 4 is 15.7 Å². The minimum absolute atomic E-state index is 0.321. The van der Waals surface area contributed by atoms with Gasteiger partial charge in [-0.3, -0.25) is 0 Å². The highest BCUT2D eigenvalue weighted by Gasteiger charge is 2.37. The second kappa shape index (κ2) is 7.31. The number of hydrogen-bond acceptors (Lipinski definition) is 7. The monoisotopic (exact) mass is 380 g/mol. The lowest BCUT2D eigenvalue weighted by Gasteiger charge is -2.40. The average Bonchev–Trinajstić information content (AvgIpc) is 3.40. The van der Waals surface area contributed by atoms with E-state index < -0.39 is 9.84 Å². The van der Waals surface area contributed by atoms with Gasteiger partial charge >= 0.3 is 0 Å². The molecule has 2 aliphatic heterocycles. The zero-order chi connectivity index (χ0) is 18.1. The molecule has 0 aromatic carbocycles. The van der Waals surface area contributed by atoms with Crippen molar-refractivity contribution in [1.29, 1.82) is 0 Å². The van der Waals surface area contributed by atoms with E-state index in [9.17, 15) is 8.42 Å². The molecule has 4 rings (SSSR count). The maximum atomic E-state index is 11.7. The second-order valence-corrected chi connectivity index (χ2v) is 10.1. The van der Waals surface area contributed by atoms with Crippen molar-refractivity contribution in [3.8, 4) is 5.88 Å². The van der Waals surface area contributed by atoms with Gasteiger partial charge in [0.05, 0.1) is 18.6 Å². The molecule has 0 amide bonds. The molecule has 2 saturated heterocycles. The minimum atomic E-state index is -2.78. The minimum Gasteiger partial charge on any atom is -0.481 e. The fourth-order valence-electron chi connectivity index (χ4n) is 4.37. The van der Waals surface area contributed by atoms with Crippen molar-refractivity contribution in [1.82, 2.24) is 14.9 Å². The fraction of sp³-hybridized carbons (Fsp3) is 0.778. The van der Waals surface area contributed by atoms with Crippen molar-refractivity contribution in [3.05, 3.63) is 12.4 Å². The van der Waals surface area contributed by atoms with Crippen LogP contribution in [0.15, 0.2) is 12.4 Å². The predicted octanol–water partition coefficient (Wildman–Crippen LogP) is 1.35. The number of piperidine rings is 1. The van der Waals surface area contributed by atoms with Gasteiger partial charge in [-0.15, -0.1) is 0 Å². The molecule has 1 aliphatic carbocycles. The molecule has 1 aromatic heterocycles. The van der Waals surface area contributed by atoms with Crippen LogP contribution < -0.4 is 9.64 Å². The molecular weight excluding hydrogens is 352 g/mol. The molecule has 1 atom stereocenters. The van der Waals surface area contributed by atoms with Crippen molar-refractivity contribution in [3.63, 3.8) is 0 Å². The SMILES string of the molecule is COc1cc(N(C2CC2)C2CCN(CC3CCS(=O)(=O)C3)CC2)ncn1. The predicted molar refractivity (Wildman–Crippen MR) is 100 cm³/mol. The van der Waals surface area contributed by atoms with Gasteiger partial charge in [-0.2, -0.15) is 0 Å². The quantitative estimate of drug-likeness (QED) is 0.737. The lowest BCUT2D eigenvalue weighted by molar-refractivity contribution is 0.185. The van der Waals surface area contributed by atoms with Crippen LogP contribution in [0.1, 0.15) is 32.1 Å². The van der Waals surface area contributed by atoms with Crippen LogP contribution in [0.25, 0.3) is 0 Å². The van der Waals surface area contributed by atoms with Crippen LogP contribution in [0, 0.1) is 5.92 Å². The average molecular weight is 381 g/mol. The van der Waals surface area contributed by atoms with Gasteiger partial charge in [0.2, 0.25) is 5.88 Å². The summed E-state index contributed by atoms with van der Waals surface area (Å²) in [6.07, 6.45) is 7.07. The maximum Gasteiger partial charge on any atom is 0.218 e. The van der Waals surface area contributed by atoms with Gasteiger partial charge in [0, 0.05) is 37.8 Å². The van der Waals surface area contributed by atoms with E-state index in [1.807, 2.05) is 6.07 Å². The fourth-order valence-corrected chi connectivity index (χ4v) is 6.22. The Bertz CT molecular complexity index is 730. The molecule has 1 unspecified atom stereocenters. The molecule has 26 heavy (non-hydrogen) atoms. The summed E-state index contributed by atoms with van der Waals surface area (Å²) in [5, 5.41) is 0. The standard InChI is InChI=1S/C18H28N4O3S/c1-25-18-10-17(19-13-20-18)22(15-2-3-15)16-4-7-21(8-5-16)11-14-6-9-26(23,24)12-14/h10,13-16H,2-9,11-12H2,1H3. The van der Waals surface area contributed by atoms with E-state index in [2.05, 4.69) is 19.8 Å². The van der Waals surface area contributed by atoms with Gasteiger partial charge < -0.3 is 14.5 Å². The molecule has 1 aromatic rings. The zero-order valence-electron chi connectivity index (χ0n) is 15.4. The third kappa shape index (κ3) is 4.11. The van der Waals surface area contributed by atoms with Gasteiger partial charge in [-0.05, 0) is 38.0 Å². The molecule has 1 saturated carbocycles. The van der Waals surface area contributed by atoms with E-state index in [0.29, 0.717) is 35.4 Å². The first-order chi connectivity index (χ1) is 12.5. The third-order valence-electron chi connectivity index (χ3n) is 5.84. The first-order valence-electron chi connectivity index (χ1n) is 9.61. The van der Waals surface area contributed by atoms with Gasteiger partial charge in [0.15, 0.2) is 9.84 Å². The molecule has 3 fully saturated rings. The molecular formula is C18H28N4O3S. The number of rotatable bonds is 6. The largest absolute Gasteiger partial charge is 0.481 e. The second-order valence-electron chi connectivity index (χ2n) is 7.86. The van der Waals surface area contributed by atoms with Gasteiger partial charge in [-0.25, -0.2) is 18.4 Å². The summed E-state index contributed by atoms with van der Waals surface area (Å²) in [6.45, 7) is 3.00. The Morgan fingerprint density at radius 3 is 2.50 bits per heavy atom. The van der Waals surface area contributed by atoms with E-state index >= 15 is 0 Å². The molecule has 7 nitrogen and oxygen atoms in total. The Balaban J connectivity index is 1.36. The summed E-state index contributed by atoms with van der Waals surface area (Å²) in [4.78, 5) is 13.6. The summed E-state index contributed by atoms with van der Waals surface area (Å²) in [5.74, 6) is 2.66. The van der Waals surface area contributed by atoms with Crippen molar-refractivity contribution in [2.24, 2.45) is 5.92 Å². The van der Waals surface area contributed by atoms with E-state index in [0.717, 1.165) is 44.7 Å². The topological polar surface area (TPSA) is 75.6 Å². The van der Waals surface area contributed by atoms with Crippen molar-refractivity contribution < 1.29 is 13.2 Å². The Labute approximate surface area is 155 Å². The van der Waals surface area contributed by atoms with Crippen molar-refractivity contribution in [2.75, 3.05) is 43.1 Å². The Hall–Kier alpha value is -1.41. The van der Waals surface area contributed by atoms with Crippen LogP contribution in [-0.2, 0) is 9.84 Å². The molecule has 144 valence electrons. The van der Waals surface area contributed by atoms with Gasteiger partial charge in [0.25, 0.3) is 0 Å². The van der Waals surface area contributed by atoms with E-state index in [-0.39, 0.29) is 0 Å². The smallest absolute Gasteiger partial charge is 0.218 e. The van der Waals surface area contributed by atoms with Crippen LogP contribution in [-0.4, -0.2) is 73.6 Å². The summed E-state index contributed by atoms with van der Waals surface area (Å²) in [5.41, 5.74) is 0. The summed E-state index contributed by atoms with van der Waals surface area (Å²) in [7, 11) is -1.14. The first kappa shape index (κ1) is 18.0. The number of methoxy groups -OCH3 is 1. The summed E-state index contributed by atoms with van der Waals surface area (Å²) < 4.78 is 28.6. The number of sulfone groups is 1. The maximum absolute atomic E-state index is 11.7. The third-order valence-corrected chi connectivity index (χ3v) is 7.67. The molecule has 0 spiro atoms. The van der Waals surface area contributed by atoms with Gasteiger partial charge in [-0.1, -0.05) is 0 Å². The number of hydrogen-bond donors (Lipinski definition) is 0. The molecule has 8 heteroatoms. The number of anilines is 1. The molecule has 3 aliphatic rings. The highest BCUT2D eigenvalue weighted by atomic mass is 32.2. The lowest BCUT2D eigenvalue weighted by Crippen LogP contribution is -2.47. The van der Waals surface area contributed by atoms with E-state index in [4.69, 9.17) is 4.74 Å². The highest BCUT2D eigenvalue weighted by molar-refractivity contribution is 7.91. The number of likely N-dealkylation sites (tertiary alicyclic amines) is 1. The van der Waals surface area contributed by atoms with Crippen LogP contribution >= 0.6 is 0 Å². The summed E-state index contributed by atoms with van der Waals surface area (Å²) >= 11 is 0. The lowest BCUT2D eigenvalue weighted by atomic mass is 10.0. The number of ether oxygens (including phenoxy) is 1. The van der Waals surface area contributed by atoms with Crippen LogP contribution in [0.5, 0.6) is 5.88 Å². The van der Waals surface area contributed by atoms with Gasteiger partial charge in [0.1, 0.15) is 12.1 Å². The Morgan fingerprint density at radius 1 is 1.15 bits per heavy atom. The van der Waals surface area contributed by atoms with Crippen LogP contribution in [0.3, 0.4) is 0 Å². The molecule has 0 bridgehead atoms. The van der Waals surface area contributed by atoms with Crippen molar-refractivity contribution in [2.45, 2.75) is 44.2 Å².